The average Bonchev–Trinajstić information content (AvgIpc) is 2.58. The lowest BCUT2D eigenvalue weighted by Crippen LogP contribution is -2.27. The molecular formula is C19H22Cl2N2O. The number of hydrogen-bond acceptors (Lipinski definition) is 3. The van der Waals surface area contributed by atoms with Gasteiger partial charge in [0.05, 0.1) is 22.8 Å². The maximum Gasteiger partial charge on any atom is 0.119 e. The molecule has 24 heavy (non-hydrogen) atoms. The van der Waals surface area contributed by atoms with Gasteiger partial charge in [-0.25, -0.2) is 0 Å². The molecule has 2 atom stereocenters. The van der Waals surface area contributed by atoms with Crippen LogP contribution >= 0.6 is 23.2 Å². The highest BCUT2D eigenvalue weighted by atomic mass is 35.5. The molecule has 2 unspecified atom stereocenters. The van der Waals surface area contributed by atoms with Crippen LogP contribution in [0.1, 0.15) is 48.5 Å². The molecule has 1 aliphatic carbocycles. The molecule has 0 spiro atoms. The summed E-state index contributed by atoms with van der Waals surface area (Å²) in [5.74, 6) is 0.916. The molecule has 0 aliphatic heterocycles. The molecule has 0 saturated heterocycles. The zero-order valence-electron chi connectivity index (χ0n) is 13.9. The van der Waals surface area contributed by atoms with E-state index in [-0.39, 0.29) is 6.04 Å². The molecule has 3 rings (SSSR count). The van der Waals surface area contributed by atoms with Crippen molar-refractivity contribution in [2.75, 3.05) is 12.8 Å². The summed E-state index contributed by atoms with van der Waals surface area (Å²) in [4.78, 5) is 0. The minimum absolute atomic E-state index is 0.124. The third-order valence-corrected chi connectivity index (χ3v) is 5.34. The number of methoxy groups -OCH3 is 1. The van der Waals surface area contributed by atoms with Gasteiger partial charge in [-0.3, -0.25) is 0 Å². The lowest BCUT2D eigenvalue weighted by Gasteiger charge is -2.30. The van der Waals surface area contributed by atoms with Gasteiger partial charge in [0.2, 0.25) is 0 Å². The van der Waals surface area contributed by atoms with Crippen molar-refractivity contribution in [2.45, 2.75) is 38.3 Å². The van der Waals surface area contributed by atoms with Crippen molar-refractivity contribution in [3.05, 3.63) is 57.1 Å². The minimum atomic E-state index is 0.124. The van der Waals surface area contributed by atoms with Gasteiger partial charge in [-0.15, -0.1) is 0 Å². The third kappa shape index (κ3) is 3.49. The van der Waals surface area contributed by atoms with Crippen LogP contribution in [0.3, 0.4) is 0 Å². The summed E-state index contributed by atoms with van der Waals surface area (Å²) in [7, 11) is 1.71. The van der Waals surface area contributed by atoms with E-state index in [0.717, 1.165) is 30.6 Å². The van der Waals surface area contributed by atoms with Crippen molar-refractivity contribution in [3.63, 3.8) is 0 Å². The molecule has 0 heterocycles. The molecule has 5 heteroatoms. The molecule has 3 N–H and O–H groups in total. The van der Waals surface area contributed by atoms with Crippen LogP contribution in [0, 0.1) is 0 Å². The van der Waals surface area contributed by atoms with Crippen LogP contribution in [-0.4, -0.2) is 7.11 Å². The Balaban J connectivity index is 1.82. The van der Waals surface area contributed by atoms with Gasteiger partial charge >= 0.3 is 0 Å². The van der Waals surface area contributed by atoms with Crippen LogP contribution in [0.15, 0.2) is 30.3 Å². The maximum absolute atomic E-state index is 6.17. The first-order valence-electron chi connectivity index (χ1n) is 8.17. The molecule has 2 aromatic rings. The van der Waals surface area contributed by atoms with E-state index in [1.165, 1.54) is 11.1 Å². The fraction of sp³-hybridized carbons (Fsp3) is 0.368. The Morgan fingerprint density at radius 3 is 2.58 bits per heavy atom. The van der Waals surface area contributed by atoms with Gasteiger partial charge in [-0.1, -0.05) is 29.3 Å². The number of nitrogens with one attached hydrogen (secondary N) is 1. The summed E-state index contributed by atoms with van der Waals surface area (Å²) in [5.41, 5.74) is 10.0. The Kier molecular flexibility index (Phi) is 5.24. The molecular weight excluding hydrogens is 343 g/mol. The second-order valence-corrected chi connectivity index (χ2v) is 7.11. The third-order valence-electron chi connectivity index (χ3n) is 4.72. The second kappa shape index (κ2) is 7.22. The first-order chi connectivity index (χ1) is 11.5. The quantitative estimate of drug-likeness (QED) is 0.722. The zero-order valence-corrected chi connectivity index (χ0v) is 15.4. The van der Waals surface area contributed by atoms with Gasteiger partial charge in [0.25, 0.3) is 0 Å². The molecule has 0 bridgehead atoms. The smallest absolute Gasteiger partial charge is 0.119 e. The Morgan fingerprint density at radius 1 is 1.21 bits per heavy atom. The molecule has 0 amide bonds. The summed E-state index contributed by atoms with van der Waals surface area (Å²) in [6.45, 7) is 2.12. The molecule has 0 aromatic heterocycles. The lowest BCUT2D eigenvalue weighted by atomic mass is 9.87. The van der Waals surface area contributed by atoms with Crippen molar-refractivity contribution >= 4 is 28.9 Å². The predicted molar refractivity (Wildman–Crippen MR) is 101 cm³/mol. The number of hydrogen-bond donors (Lipinski definition) is 2. The van der Waals surface area contributed by atoms with Crippen LogP contribution in [0.2, 0.25) is 10.0 Å². The summed E-state index contributed by atoms with van der Waals surface area (Å²) in [5, 5.41) is 4.70. The Hall–Kier alpha value is -1.42. The number of ether oxygens (including phenoxy) is 1. The van der Waals surface area contributed by atoms with Crippen molar-refractivity contribution in [1.29, 1.82) is 0 Å². The number of aryl methyl sites for hydroxylation is 1. The number of halogens is 2. The number of fused-ring (bicyclic) bond motifs is 1. The first-order valence-corrected chi connectivity index (χ1v) is 8.92. The molecule has 0 saturated carbocycles. The van der Waals surface area contributed by atoms with Gasteiger partial charge in [-0.05, 0) is 67.1 Å². The number of benzene rings is 2. The van der Waals surface area contributed by atoms with Gasteiger partial charge in [0, 0.05) is 12.1 Å². The Labute approximate surface area is 153 Å². The van der Waals surface area contributed by atoms with E-state index in [1.807, 2.05) is 18.2 Å². The van der Waals surface area contributed by atoms with E-state index in [4.69, 9.17) is 33.7 Å². The second-order valence-electron chi connectivity index (χ2n) is 6.30. The van der Waals surface area contributed by atoms with E-state index >= 15 is 0 Å². The standard InChI is InChI=1S/C19H22Cl2N2O/c1-11(13-9-16(20)19(22)17(21)10-13)23-18-5-3-4-12-8-14(24-2)6-7-15(12)18/h6-11,18,23H,3-5,22H2,1-2H3. The average molecular weight is 365 g/mol. The minimum Gasteiger partial charge on any atom is -0.497 e. The monoisotopic (exact) mass is 364 g/mol. The fourth-order valence-corrected chi connectivity index (χ4v) is 3.85. The van der Waals surface area contributed by atoms with Crippen LogP contribution in [0.5, 0.6) is 5.75 Å². The summed E-state index contributed by atoms with van der Waals surface area (Å²) in [6, 6.07) is 10.5. The van der Waals surface area contributed by atoms with Crippen molar-refractivity contribution in [2.24, 2.45) is 0 Å². The van der Waals surface area contributed by atoms with Crippen LogP contribution in [0.4, 0.5) is 5.69 Å². The fourth-order valence-electron chi connectivity index (χ4n) is 3.34. The van der Waals surface area contributed by atoms with E-state index in [0.29, 0.717) is 21.8 Å². The molecule has 0 radical (unpaired) electrons. The molecule has 3 nitrogen and oxygen atoms in total. The SMILES string of the molecule is COc1ccc2c(c1)CCCC2NC(C)c1cc(Cl)c(N)c(Cl)c1. The number of nitrogens with two attached hydrogens (primary N) is 1. The van der Waals surface area contributed by atoms with Gasteiger partial charge in [0.1, 0.15) is 5.75 Å². The number of nitrogen functional groups attached to an aromatic ring is 1. The largest absolute Gasteiger partial charge is 0.497 e. The first kappa shape index (κ1) is 17.4. The summed E-state index contributed by atoms with van der Waals surface area (Å²) < 4.78 is 5.34. The lowest BCUT2D eigenvalue weighted by molar-refractivity contribution is 0.402. The van der Waals surface area contributed by atoms with Crippen molar-refractivity contribution < 1.29 is 4.74 Å². The summed E-state index contributed by atoms with van der Waals surface area (Å²) in [6.07, 6.45) is 3.37. The van der Waals surface area contributed by atoms with E-state index in [2.05, 4.69) is 24.4 Å². The summed E-state index contributed by atoms with van der Waals surface area (Å²) >= 11 is 12.3. The number of rotatable bonds is 4. The zero-order chi connectivity index (χ0) is 17.3. The van der Waals surface area contributed by atoms with Crippen LogP contribution in [0.25, 0.3) is 0 Å². The van der Waals surface area contributed by atoms with Crippen molar-refractivity contribution in [1.82, 2.24) is 5.32 Å². The van der Waals surface area contributed by atoms with E-state index < -0.39 is 0 Å². The Morgan fingerprint density at radius 2 is 1.92 bits per heavy atom. The number of anilines is 1. The maximum atomic E-state index is 6.17. The highest BCUT2D eigenvalue weighted by Crippen LogP contribution is 2.35. The highest BCUT2D eigenvalue weighted by molar-refractivity contribution is 6.38. The van der Waals surface area contributed by atoms with Crippen LogP contribution in [-0.2, 0) is 6.42 Å². The van der Waals surface area contributed by atoms with Crippen LogP contribution < -0.4 is 15.8 Å². The van der Waals surface area contributed by atoms with Crippen molar-refractivity contribution in [3.8, 4) is 5.75 Å². The highest BCUT2D eigenvalue weighted by Gasteiger charge is 2.23. The van der Waals surface area contributed by atoms with E-state index in [1.54, 1.807) is 7.11 Å². The van der Waals surface area contributed by atoms with Gasteiger partial charge in [0.15, 0.2) is 0 Å². The van der Waals surface area contributed by atoms with E-state index in [9.17, 15) is 0 Å². The van der Waals surface area contributed by atoms with Gasteiger partial charge < -0.3 is 15.8 Å². The molecule has 0 fully saturated rings. The Bertz CT molecular complexity index is 725. The normalized spacial score (nSPS) is 18.1. The molecule has 128 valence electrons. The topological polar surface area (TPSA) is 47.3 Å². The molecule has 1 aliphatic rings. The molecule has 2 aromatic carbocycles. The predicted octanol–water partition coefficient (Wildman–Crippen LogP) is 5.31. The van der Waals surface area contributed by atoms with Gasteiger partial charge in [-0.2, -0.15) is 0 Å².